The van der Waals surface area contributed by atoms with Crippen molar-refractivity contribution < 1.29 is 0 Å². The van der Waals surface area contributed by atoms with E-state index in [0.29, 0.717) is 11.7 Å². The van der Waals surface area contributed by atoms with Gasteiger partial charge in [-0.05, 0) is 33.2 Å². The van der Waals surface area contributed by atoms with Crippen LogP contribution < -0.4 is 15.8 Å². The molecule has 5 heteroatoms. The molecule has 0 saturated heterocycles. The number of nitrogens with zero attached hydrogens (tertiary/aromatic N) is 3. The van der Waals surface area contributed by atoms with Crippen molar-refractivity contribution in [2.24, 2.45) is 5.92 Å². The molecule has 1 heterocycles. The molecule has 114 valence electrons. The number of rotatable bonds is 6. The fourth-order valence-electron chi connectivity index (χ4n) is 1.93. The Hall–Kier alpha value is -1.36. The van der Waals surface area contributed by atoms with E-state index in [2.05, 4.69) is 24.1 Å². The largest absolute Gasteiger partial charge is 0.354 e. The Labute approximate surface area is 122 Å². The van der Waals surface area contributed by atoms with Gasteiger partial charge in [0.15, 0.2) is 5.82 Å². The van der Waals surface area contributed by atoms with E-state index in [1.54, 1.807) is 17.0 Å². The first-order valence-electron chi connectivity index (χ1n) is 7.23. The summed E-state index contributed by atoms with van der Waals surface area (Å²) in [6.45, 7) is 13.0. The van der Waals surface area contributed by atoms with Crippen molar-refractivity contribution in [3.63, 3.8) is 0 Å². The van der Waals surface area contributed by atoms with Gasteiger partial charge in [-0.2, -0.15) is 0 Å². The topological polar surface area (TPSA) is 50.2 Å². The Morgan fingerprint density at radius 2 is 2.05 bits per heavy atom. The number of aromatic nitrogens is 2. The maximum atomic E-state index is 12.4. The Morgan fingerprint density at radius 1 is 1.40 bits per heavy atom. The number of likely N-dealkylation sites (N-methyl/N-ethyl adjacent to an activating group) is 1. The Balaban J connectivity index is 2.74. The molecule has 0 aliphatic rings. The zero-order valence-electron chi connectivity index (χ0n) is 13.6. The van der Waals surface area contributed by atoms with Crippen molar-refractivity contribution in [2.45, 2.75) is 40.2 Å². The van der Waals surface area contributed by atoms with E-state index >= 15 is 0 Å². The van der Waals surface area contributed by atoms with E-state index in [4.69, 9.17) is 0 Å². The first-order chi connectivity index (χ1) is 9.23. The van der Waals surface area contributed by atoms with Crippen LogP contribution in [0, 0.1) is 5.92 Å². The van der Waals surface area contributed by atoms with Gasteiger partial charge in [-0.25, -0.2) is 4.98 Å². The predicted molar refractivity (Wildman–Crippen MR) is 84.5 cm³/mol. The zero-order valence-corrected chi connectivity index (χ0v) is 13.6. The molecule has 0 saturated carbocycles. The summed E-state index contributed by atoms with van der Waals surface area (Å²) < 4.78 is 1.73. The van der Waals surface area contributed by atoms with Crippen molar-refractivity contribution in [1.29, 1.82) is 0 Å². The molecule has 0 aromatic carbocycles. The Morgan fingerprint density at radius 3 is 2.60 bits per heavy atom. The van der Waals surface area contributed by atoms with E-state index < -0.39 is 0 Å². The second-order valence-electron chi connectivity index (χ2n) is 6.62. The molecule has 0 atom stereocenters. The van der Waals surface area contributed by atoms with E-state index in [1.165, 1.54) is 0 Å². The van der Waals surface area contributed by atoms with E-state index in [0.717, 1.165) is 19.6 Å². The lowest BCUT2D eigenvalue weighted by Gasteiger charge is -2.25. The average molecular weight is 280 g/mol. The molecule has 0 radical (unpaired) electrons. The monoisotopic (exact) mass is 280 g/mol. The van der Waals surface area contributed by atoms with Gasteiger partial charge < -0.3 is 14.8 Å². The summed E-state index contributed by atoms with van der Waals surface area (Å²) in [5.41, 5.74) is -0.266. The van der Waals surface area contributed by atoms with Gasteiger partial charge in [0.25, 0.3) is 5.56 Å². The molecule has 0 aliphatic heterocycles. The summed E-state index contributed by atoms with van der Waals surface area (Å²) in [7, 11) is 1.91. The van der Waals surface area contributed by atoms with Crippen molar-refractivity contribution in [1.82, 2.24) is 14.9 Å². The highest BCUT2D eigenvalue weighted by Gasteiger charge is 2.18. The third kappa shape index (κ3) is 4.63. The molecule has 0 aliphatic carbocycles. The van der Waals surface area contributed by atoms with Gasteiger partial charge in [-0.1, -0.05) is 13.8 Å². The van der Waals surface area contributed by atoms with Crippen LogP contribution >= 0.6 is 0 Å². The van der Waals surface area contributed by atoms with Gasteiger partial charge in [0, 0.05) is 38.1 Å². The molecule has 20 heavy (non-hydrogen) atoms. The molecular weight excluding hydrogens is 252 g/mol. The fraction of sp³-hybridized carbons (Fsp3) is 0.733. The highest BCUT2D eigenvalue weighted by atomic mass is 16.1. The number of hydrogen-bond donors (Lipinski definition) is 1. The lowest BCUT2D eigenvalue weighted by Crippen LogP contribution is -2.39. The number of anilines is 1. The number of nitrogens with one attached hydrogen (secondary N) is 1. The van der Waals surface area contributed by atoms with Crippen LogP contribution in [0.25, 0.3) is 0 Å². The summed E-state index contributed by atoms with van der Waals surface area (Å²) >= 11 is 0. The minimum atomic E-state index is -0.231. The predicted octanol–water partition coefficient (Wildman–Crippen LogP) is 1.68. The second-order valence-corrected chi connectivity index (χ2v) is 6.62. The molecule has 5 nitrogen and oxygen atoms in total. The van der Waals surface area contributed by atoms with Gasteiger partial charge in [0.05, 0.1) is 0 Å². The molecule has 1 aromatic rings. The van der Waals surface area contributed by atoms with Gasteiger partial charge >= 0.3 is 0 Å². The Bertz CT molecular complexity index is 473. The van der Waals surface area contributed by atoms with Crippen LogP contribution in [0.4, 0.5) is 5.82 Å². The van der Waals surface area contributed by atoms with Crippen LogP contribution in [0.15, 0.2) is 17.2 Å². The summed E-state index contributed by atoms with van der Waals surface area (Å²) in [6, 6.07) is 0. The SMILES string of the molecule is CC(C)CNCCN(C)c1nccn(C(C)(C)C)c1=O. The molecule has 0 unspecified atom stereocenters. The highest BCUT2D eigenvalue weighted by molar-refractivity contribution is 5.34. The summed E-state index contributed by atoms with van der Waals surface area (Å²) in [5.74, 6) is 1.14. The standard InChI is InChI=1S/C15H28N4O/c1-12(2)11-16-7-9-18(6)13-14(20)19(10-8-17-13)15(3,4)5/h8,10,12,16H,7,9,11H2,1-6H3. The normalized spacial score (nSPS) is 11.9. The highest BCUT2D eigenvalue weighted by Crippen LogP contribution is 2.11. The molecule has 1 aromatic heterocycles. The van der Waals surface area contributed by atoms with Crippen molar-refractivity contribution in [3.05, 3.63) is 22.7 Å². The molecule has 0 fully saturated rings. The molecule has 0 bridgehead atoms. The van der Waals surface area contributed by atoms with Crippen molar-refractivity contribution >= 4 is 5.82 Å². The van der Waals surface area contributed by atoms with Crippen LogP contribution in [0.5, 0.6) is 0 Å². The van der Waals surface area contributed by atoms with Crippen molar-refractivity contribution in [2.75, 3.05) is 31.6 Å². The summed E-state index contributed by atoms with van der Waals surface area (Å²) in [5, 5.41) is 3.37. The van der Waals surface area contributed by atoms with Crippen LogP contribution in [-0.2, 0) is 5.54 Å². The fourth-order valence-corrected chi connectivity index (χ4v) is 1.93. The second kappa shape index (κ2) is 6.88. The molecule has 0 spiro atoms. The Kier molecular flexibility index (Phi) is 5.74. The summed E-state index contributed by atoms with van der Waals surface area (Å²) in [6.07, 6.45) is 3.44. The third-order valence-electron chi connectivity index (χ3n) is 3.08. The summed E-state index contributed by atoms with van der Waals surface area (Å²) in [4.78, 5) is 18.6. The van der Waals surface area contributed by atoms with Crippen LogP contribution in [-0.4, -0.2) is 36.2 Å². The molecule has 0 amide bonds. The van der Waals surface area contributed by atoms with E-state index in [9.17, 15) is 4.79 Å². The zero-order chi connectivity index (χ0) is 15.3. The first-order valence-corrected chi connectivity index (χ1v) is 7.23. The average Bonchev–Trinajstić information content (AvgIpc) is 2.33. The van der Waals surface area contributed by atoms with Crippen LogP contribution in [0.3, 0.4) is 0 Å². The molecular formula is C15H28N4O. The quantitative estimate of drug-likeness (QED) is 0.806. The van der Waals surface area contributed by atoms with Gasteiger partial charge in [0.1, 0.15) is 0 Å². The first kappa shape index (κ1) is 16.7. The number of hydrogen-bond acceptors (Lipinski definition) is 4. The maximum absolute atomic E-state index is 12.4. The molecule has 1 rings (SSSR count). The van der Waals surface area contributed by atoms with E-state index in [-0.39, 0.29) is 11.1 Å². The molecule has 1 N–H and O–H groups in total. The minimum absolute atomic E-state index is 0.0358. The van der Waals surface area contributed by atoms with E-state index in [1.807, 2.05) is 32.7 Å². The third-order valence-corrected chi connectivity index (χ3v) is 3.08. The maximum Gasteiger partial charge on any atom is 0.293 e. The van der Waals surface area contributed by atoms with Crippen LogP contribution in [0.2, 0.25) is 0 Å². The lowest BCUT2D eigenvalue weighted by molar-refractivity contribution is 0.382. The van der Waals surface area contributed by atoms with Crippen molar-refractivity contribution in [3.8, 4) is 0 Å². The van der Waals surface area contributed by atoms with Gasteiger partial charge in [0.2, 0.25) is 0 Å². The minimum Gasteiger partial charge on any atom is -0.354 e. The lowest BCUT2D eigenvalue weighted by atomic mass is 10.1. The van der Waals surface area contributed by atoms with Crippen LogP contribution in [0.1, 0.15) is 34.6 Å². The smallest absolute Gasteiger partial charge is 0.293 e. The van der Waals surface area contributed by atoms with Gasteiger partial charge in [-0.3, -0.25) is 4.79 Å². The van der Waals surface area contributed by atoms with Gasteiger partial charge in [-0.15, -0.1) is 0 Å².